The lowest BCUT2D eigenvalue weighted by Crippen LogP contribution is -2.16. The minimum atomic E-state index is -0.542. The van der Waals surface area contributed by atoms with Crippen LogP contribution in [0.15, 0.2) is 12.1 Å². The molecule has 0 fully saturated rings. The van der Waals surface area contributed by atoms with Gasteiger partial charge in [-0.05, 0) is 12.5 Å². The Labute approximate surface area is 137 Å². The zero-order chi connectivity index (χ0) is 17.4. The number of ether oxygens (including phenoxy) is 2. The first kappa shape index (κ1) is 18.8. The summed E-state index contributed by atoms with van der Waals surface area (Å²) in [4.78, 5) is 33.2. The van der Waals surface area contributed by atoms with Crippen molar-refractivity contribution in [2.24, 2.45) is 0 Å². The van der Waals surface area contributed by atoms with Crippen molar-refractivity contribution in [2.75, 3.05) is 31.0 Å². The fourth-order valence-corrected chi connectivity index (χ4v) is 2.44. The average molecular weight is 342 g/mol. The monoisotopic (exact) mass is 342 g/mol. The number of benzene rings is 1. The molecule has 8 nitrogen and oxygen atoms in total. The first-order valence-corrected chi connectivity index (χ1v) is 7.82. The highest BCUT2D eigenvalue weighted by atomic mass is 32.2. The number of nitro groups is 1. The van der Waals surface area contributed by atoms with Crippen LogP contribution in [0.2, 0.25) is 0 Å². The van der Waals surface area contributed by atoms with Gasteiger partial charge in [0.25, 0.3) is 0 Å². The first-order chi connectivity index (χ1) is 10.9. The molecule has 0 heterocycles. The number of anilines is 1. The summed E-state index contributed by atoms with van der Waals surface area (Å²) < 4.78 is 9.47. The van der Waals surface area contributed by atoms with Crippen molar-refractivity contribution in [1.82, 2.24) is 0 Å². The Morgan fingerprint density at radius 1 is 1.35 bits per heavy atom. The van der Waals surface area contributed by atoms with Crippen LogP contribution in [-0.4, -0.2) is 42.5 Å². The zero-order valence-electron chi connectivity index (χ0n) is 13.1. The molecule has 23 heavy (non-hydrogen) atoms. The highest BCUT2D eigenvalue weighted by Crippen LogP contribution is 2.32. The Bertz CT molecular complexity index is 605. The van der Waals surface area contributed by atoms with Crippen molar-refractivity contribution in [1.29, 1.82) is 0 Å². The number of methoxy groups -OCH3 is 2. The van der Waals surface area contributed by atoms with Crippen LogP contribution >= 0.6 is 11.8 Å². The van der Waals surface area contributed by atoms with Crippen LogP contribution < -0.4 is 10.1 Å². The number of nitrogens with one attached hydrogen (secondary N) is 1. The number of rotatable bonds is 8. The first-order valence-electron chi connectivity index (χ1n) is 6.66. The number of amides is 1. The summed E-state index contributed by atoms with van der Waals surface area (Å²) in [6.07, 6.45) is 0.235. The van der Waals surface area contributed by atoms with Gasteiger partial charge in [0, 0.05) is 23.6 Å². The topological polar surface area (TPSA) is 108 Å². The smallest absolute Gasteiger partial charge is 0.311 e. The van der Waals surface area contributed by atoms with Crippen LogP contribution in [0.5, 0.6) is 5.75 Å². The number of esters is 1. The summed E-state index contributed by atoms with van der Waals surface area (Å²) in [6, 6.07) is 2.77. The maximum atomic E-state index is 11.9. The minimum Gasteiger partial charge on any atom is -0.490 e. The van der Waals surface area contributed by atoms with E-state index in [1.54, 1.807) is 6.92 Å². The molecule has 0 atom stereocenters. The van der Waals surface area contributed by atoms with E-state index in [4.69, 9.17) is 4.74 Å². The SMILES string of the molecule is COC(=O)CCSCC(=O)Nc1cc(OC)c([N+](=O)[O-])cc1C. The molecule has 1 rings (SSSR count). The lowest BCUT2D eigenvalue weighted by Gasteiger charge is -2.10. The molecule has 1 amide bonds. The molecule has 1 aromatic carbocycles. The molecule has 9 heteroatoms. The fourth-order valence-electron chi connectivity index (χ4n) is 1.72. The molecule has 0 aliphatic heterocycles. The Kier molecular flexibility index (Phi) is 7.33. The van der Waals surface area contributed by atoms with Gasteiger partial charge in [0.2, 0.25) is 5.91 Å². The van der Waals surface area contributed by atoms with E-state index < -0.39 is 4.92 Å². The summed E-state index contributed by atoms with van der Waals surface area (Å²) in [7, 11) is 2.64. The number of thioether (sulfide) groups is 1. The van der Waals surface area contributed by atoms with Gasteiger partial charge < -0.3 is 14.8 Å². The van der Waals surface area contributed by atoms with E-state index in [1.165, 1.54) is 38.1 Å². The Balaban J connectivity index is 2.64. The van der Waals surface area contributed by atoms with E-state index in [-0.39, 0.29) is 35.5 Å². The number of carbonyl (C=O) groups excluding carboxylic acids is 2. The molecule has 0 bridgehead atoms. The highest BCUT2D eigenvalue weighted by molar-refractivity contribution is 7.99. The van der Waals surface area contributed by atoms with E-state index in [0.29, 0.717) is 17.0 Å². The second kappa shape index (κ2) is 8.99. The van der Waals surface area contributed by atoms with Gasteiger partial charge in [0.15, 0.2) is 5.75 Å². The van der Waals surface area contributed by atoms with Crippen molar-refractivity contribution >= 4 is 35.0 Å². The summed E-state index contributed by atoms with van der Waals surface area (Å²) >= 11 is 1.30. The van der Waals surface area contributed by atoms with Crippen molar-refractivity contribution in [2.45, 2.75) is 13.3 Å². The zero-order valence-corrected chi connectivity index (χ0v) is 13.9. The molecule has 1 aromatic rings. The maximum Gasteiger partial charge on any atom is 0.311 e. The predicted molar refractivity (Wildman–Crippen MR) is 87.0 cm³/mol. The second-order valence-electron chi connectivity index (χ2n) is 4.52. The summed E-state index contributed by atoms with van der Waals surface area (Å²) in [6.45, 7) is 1.66. The third-order valence-electron chi connectivity index (χ3n) is 2.91. The van der Waals surface area contributed by atoms with Crippen LogP contribution in [0, 0.1) is 17.0 Å². The van der Waals surface area contributed by atoms with E-state index >= 15 is 0 Å². The molecule has 0 aliphatic carbocycles. The molecule has 0 saturated heterocycles. The van der Waals surface area contributed by atoms with Gasteiger partial charge in [-0.25, -0.2) is 0 Å². The van der Waals surface area contributed by atoms with Crippen molar-refractivity contribution in [3.05, 3.63) is 27.8 Å². The second-order valence-corrected chi connectivity index (χ2v) is 5.63. The van der Waals surface area contributed by atoms with Gasteiger partial charge >= 0.3 is 11.7 Å². The molecule has 0 spiro atoms. The maximum absolute atomic E-state index is 11.9. The van der Waals surface area contributed by atoms with Gasteiger partial charge in [0.1, 0.15) is 0 Å². The molecular formula is C14H18N2O6S. The van der Waals surface area contributed by atoms with Gasteiger partial charge in [-0.2, -0.15) is 11.8 Å². The quantitative estimate of drug-likeness (QED) is 0.334. The van der Waals surface area contributed by atoms with Crippen molar-refractivity contribution in [3.8, 4) is 5.75 Å². The van der Waals surface area contributed by atoms with Gasteiger partial charge in [-0.1, -0.05) is 0 Å². The molecular weight excluding hydrogens is 324 g/mol. The van der Waals surface area contributed by atoms with Gasteiger partial charge in [-0.3, -0.25) is 19.7 Å². The van der Waals surface area contributed by atoms with Gasteiger partial charge in [0.05, 0.1) is 31.3 Å². The molecule has 0 saturated carbocycles. The number of hydrogen-bond acceptors (Lipinski definition) is 7. The molecule has 0 aromatic heterocycles. The number of hydrogen-bond donors (Lipinski definition) is 1. The van der Waals surface area contributed by atoms with Crippen molar-refractivity contribution < 1.29 is 24.0 Å². The van der Waals surface area contributed by atoms with Gasteiger partial charge in [-0.15, -0.1) is 0 Å². The Morgan fingerprint density at radius 3 is 2.61 bits per heavy atom. The standard InChI is InChI=1S/C14H18N2O6S/c1-9-6-11(16(19)20)12(21-2)7-10(9)15-13(17)8-23-5-4-14(18)22-3/h6-7H,4-5,8H2,1-3H3,(H,15,17). The number of nitrogens with zero attached hydrogens (tertiary/aromatic N) is 1. The molecule has 0 aliphatic rings. The molecule has 0 radical (unpaired) electrons. The minimum absolute atomic E-state index is 0.0780. The van der Waals surface area contributed by atoms with Crippen LogP contribution in [0.25, 0.3) is 0 Å². The van der Waals surface area contributed by atoms with Crippen LogP contribution in [-0.2, 0) is 14.3 Å². The van der Waals surface area contributed by atoms with E-state index in [0.717, 1.165) is 0 Å². The normalized spacial score (nSPS) is 10.0. The number of carbonyl (C=O) groups is 2. The van der Waals surface area contributed by atoms with Crippen LogP contribution in [0.1, 0.15) is 12.0 Å². The van der Waals surface area contributed by atoms with Crippen LogP contribution in [0.3, 0.4) is 0 Å². The fraction of sp³-hybridized carbons (Fsp3) is 0.429. The lowest BCUT2D eigenvalue weighted by atomic mass is 10.1. The molecule has 0 unspecified atom stereocenters. The highest BCUT2D eigenvalue weighted by Gasteiger charge is 2.18. The number of nitro benzene ring substituents is 1. The average Bonchev–Trinajstić information content (AvgIpc) is 2.52. The summed E-state index contributed by atoms with van der Waals surface area (Å²) in [5.41, 5.74) is 0.854. The van der Waals surface area contributed by atoms with Crippen LogP contribution in [0.4, 0.5) is 11.4 Å². The predicted octanol–water partition coefficient (Wildman–Crippen LogP) is 2.15. The summed E-state index contributed by atoms with van der Waals surface area (Å²) in [5.74, 6) is 0.125. The number of aryl methyl sites for hydroxylation is 1. The third-order valence-corrected chi connectivity index (χ3v) is 3.87. The Morgan fingerprint density at radius 2 is 2.04 bits per heavy atom. The molecule has 1 N–H and O–H groups in total. The van der Waals surface area contributed by atoms with Crippen molar-refractivity contribution in [3.63, 3.8) is 0 Å². The third kappa shape index (κ3) is 5.78. The van der Waals surface area contributed by atoms with E-state index in [1.807, 2.05) is 0 Å². The van der Waals surface area contributed by atoms with E-state index in [2.05, 4.69) is 10.1 Å². The van der Waals surface area contributed by atoms with E-state index in [9.17, 15) is 19.7 Å². The summed E-state index contributed by atoms with van der Waals surface area (Å²) in [5, 5.41) is 13.6. The lowest BCUT2D eigenvalue weighted by molar-refractivity contribution is -0.385. The Hall–Kier alpha value is -2.29. The molecule has 126 valence electrons. The largest absolute Gasteiger partial charge is 0.490 e.